The lowest BCUT2D eigenvalue weighted by Crippen LogP contribution is -2.19. The van der Waals surface area contributed by atoms with Gasteiger partial charge in [0.25, 0.3) is 5.24 Å². The third-order valence-electron chi connectivity index (χ3n) is 2.86. The third-order valence-corrected chi connectivity index (χ3v) is 4.48. The van der Waals surface area contributed by atoms with Crippen LogP contribution in [0.4, 0.5) is 4.79 Å². The third kappa shape index (κ3) is 3.16. The highest BCUT2D eigenvalue weighted by Crippen LogP contribution is 2.38. The molecule has 1 amide bonds. The Labute approximate surface area is 127 Å². The summed E-state index contributed by atoms with van der Waals surface area (Å²) in [6.45, 7) is 0. The highest BCUT2D eigenvalue weighted by atomic mass is 35.5. The summed E-state index contributed by atoms with van der Waals surface area (Å²) in [5.41, 5.74) is 0.892. The maximum absolute atomic E-state index is 12.1. The van der Waals surface area contributed by atoms with Crippen molar-refractivity contribution in [2.45, 2.75) is 5.25 Å². The van der Waals surface area contributed by atoms with Crippen molar-refractivity contribution in [3.8, 4) is 0 Å². The van der Waals surface area contributed by atoms with E-state index in [1.165, 1.54) is 11.8 Å². The van der Waals surface area contributed by atoms with Crippen molar-refractivity contribution in [3.63, 3.8) is 0 Å². The van der Waals surface area contributed by atoms with Crippen molar-refractivity contribution >= 4 is 28.6 Å². The van der Waals surface area contributed by atoms with E-state index >= 15 is 0 Å². The van der Waals surface area contributed by atoms with Crippen LogP contribution >= 0.6 is 23.4 Å². The van der Waals surface area contributed by atoms with Gasteiger partial charge in [0.2, 0.25) is 0 Å². The standard InChI is InChI=1S/C14H16ClN3OS/c1-17(2)14(19)20-12(13-16-8-9-18(13)3)10-6-4-5-7-11(10)15/h4-9,12H,1-3H3. The number of thioether (sulfide) groups is 1. The fraction of sp³-hybridized carbons (Fsp3) is 0.286. The number of hydrogen-bond donors (Lipinski definition) is 0. The first-order chi connectivity index (χ1) is 9.50. The van der Waals surface area contributed by atoms with Gasteiger partial charge in [0.15, 0.2) is 0 Å². The lowest BCUT2D eigenvalue weighted by Gasteiger charge is -2.19. The molecule has 1 heterocycles. The van der Waals surface area contributed by atoms with Crippen LogP contribution in [0, 0.1) is 0 Å². The molecule has 1 aromatic carbocycles. The number of rotatable bonds is 3. The molecule has 2 rings (SSSR count). The molecule has 0 fully saturated rings. The Morgan fingerprint density at radius 2 is 2.10 bits per heavy atom. The first kappa shape index (κ1) is 14.9. The first-order valence-corrected chi connectivity index (χ1v) is 7.36. The molecule has 0 aliphatic rings. The molecule has 0 bridgehead atoms. The van der Waals surface area contributed by atoms with E-state index in [0.29, 0.717) is 5.02 Å². The second-order valence-corrected chi connectivity index (χ2v) is 6.04. The van der Waals surface area contributed by atoms with Crippen molar-refractivity contribution in [3.05, 3.63) is 53.1 Å². The van der Waals surface area contributed by atoms with Gasteiger partial charge in [-0.3, -0.25) is 4.79 Å². The number of nitrogens with zero attached hydrogens (tertiary/aromatic N) is 3. The summed E-state index contributed by atoms with van der Waals surface area (Å²) in [5, 5.41) is 0.385. The van der Waals surface area contributed by atoms with Crippen molar-refractivity contribution < 1.29 is 4.79 Å². The van der Waals surface area contributed by atoms with Gasteiger partial charge in [-0.15, -0.1) is 0 Å². The van der Waals surface area contributed by atoms with E-state index in [2.05, 4.69) is 4.98 Å². The number of aromatic nitrogens is 2. The molecule has 20 heavy (non-hydrogen) atoms. The molecule has 1 atom stereocenters. The van der Waals surface area contributed by atoms with Crippen molar-refractivity contribution in [1.29, 1.82) is 0 Å². The van der Waals surface area contributed by atoms with Crippen LogP contribution in [0.5, 0.6) is 0 Å². The zero-order valence-electron chi connectivity index (χ0n) is 11.6. The molecule has 0 aliphatic carbocycles. The van der Waals surface area contributed by atoms with E-state index in [1.807, 2.05) is 42.1 Å². The molecule has 0 saturated carbocycles. The molecule has 2 aromatic rings. The maximum atomic E-state index is 12.1. The number of carbonyl (C=O) groups is 1. The minimum absolute atomic E-state index is 0.0297. The largest absolute Gasteiger partial charge is 0.340 e. The minimum Gasteiger partial charge on any atom is -0.340 e. The summed E-state index contributed by atoms with van der Waals surface area (Å²) in [7, 11) is 5.38. The summed E-state index contributed by atoms with van der Waals surface area (Å²) >= 11 is 7.49. The van der Waals surface area contributed by atoms with Gasteiger partial charge in [0.1, 0.15) is 5.82 Å². The number of aryl methyl sites for hydroxylation is 1. The van der Waals surface area contributed by atoms with Crippen LogP contribution in [0.1, 0.15) is 16.6 Å². The second kappa shape index (κ2) is 6.33. The summed E-state index contributed by atoms with van der Waals surface area (Å²) in [4.78, 5) is 18.0. The van der Waals surface area contributed by atoms with Crippen LogP contribution in [0.25, 0.3) is 0 Å². The van der Waals surface area contributed by atoms with Crippen molar-refractivity contribution in [1.82, 2.24) is 14.5 Å². The number of halogens is 1. The van der Waals surface area contributed by atoms with E-state index < -0.39 is 0 Å². The molecule has 0 spiro atoms. The van der Waals surface area contributed by atoms with Crippen LogP contribution in [-0.2, 0) is 7.05 Å². The quantitative estimate of drug-likeness (QED) is 0.870. The smallest absolute Gasteiger partial charge is 0.282 e. The summed E-state index contributed by atoms with van der Waals surface area (Å²) in [6.07, 6.45) is 3.58. The van der Waals surface area contributed by atoms with Gasteiger partial charge in [-0.25, -0.2) is 4.98 Å². The lowest BCUT2D eigenvalue weighted by molar-refractivity contribution is 0.241. The Balaban J connectivity index is 2.43. The van der Waals surface area contributed by atoms with E-state index in [4.69, 9.17) is 11.6 Å². The zero-order valence-corrected chi connectivity index (χ0v) is 13.1. The van der Waals surface area contributed by atoms with Gasteiger partial charge in [0, 0.05) is 38.6 Å². The summed E-state index contributed by atoms with van der Waals surface area (Å²) < 4.78 is 1.91. The van der Waals surface area contributed by atoms with E-state index in [9.17, 15) is 4.79 Å². The predicted molar refractivity (Wildman–Crippen MR) is 83.2 cm³/mol. The highest BCUT2D eigenvalue weighted by Gasteiger charge is 2.25. The number of carbonyl (C=O) groups excluding carboxylic acids is 1. The fourth-order valence-corrected chi connectivity index (χ4v) is 3.17. The van der Waals surface area contributed by atoms with Crippen LogP contribution in [0.2, 0.25) is 5.02 Å². The van der Waals surface area contributed by atoms with Gasteiger partial charge in [0.05, 0.1) is 5.25 Å². The van der Waals surface area contributed by atoms with Gasteiger partial charge >= 0.3 is 0 Å². The van der Waals surface area contributed by atoms with E-state index in [0.717, 1.165) is 11.4 Å². The Morgan fingerprint density at radius 3 is 2.65 bits per heavy atom. The summed E-state index contributed by atoms with van der Waals surface area (Å²) in [6, 6.07) is 7.54. The molecule has 1 aromatic heterocycles. The molecule has 106 valence electrons. The summed E-state index contributed by atoms with van der Waals surface area (Å²) in [5.74, 6) is 0.804. The Hall–Kier alpha value is -1.46. The molecule has 0 aliphatic heterocycles. The molecular weight excluding hydrogens is 294 g/mol. The number of benzene rings is 1. The molecule has 6 heteroatoms. The highest BCUT2D eigenvalue weighted by molar-refractivity contribution is 8.13. The topological polar surface area (TPSA) is 38.1 Å². The first-order valence-electron chi connectivity index (χ1n) is 6.10. The van der Waals surface area contributed by atoms with Gasteiger partial charge in [-0.1, -0.05) is 29.8 Å². The zero-order chi connectivity index (χ0) is 14.7. The molecule has 0 N–H and O–H groups in total. The minimum atomic E-state index is -0.224. The average Bonchev–Trinajstić information content (AvgIpc) is 2.82. The lowest BCUT2D eigenvalue weighted by atomic mass is 10.1. The molecular formula is C14H16ClN3OS. The van der Waals surface area contributed by atoms with Gasteiger partial charge < -0.3 is 9.47 Å². The van der Waals surface area contributed by atoms with Crippen LogP contribution in [-0.4, -0.2) is 33.8 Å². The molecule has 0 saturated heterocycles. The Morgan fingerprint density at radius 1 is 1.40 bits per heavy atom. The monoisotopic (exact) mass is 309 g/mol. The normalized spacial score (nSPS) is 12.2. The predicted octanol–water partition coefficient (Wildman–Crippen LogP) is 3.58. The molecule has 0 radical (unpaired) electrons. The van der Waals surface area contributed by atoms with Crippen LogP contribution in [0.15, 0.2) is 36.7 Å². The number of hydrogen-bond acceptors (Lipinski definition) is 3. The van der Waals surface area contributed by atoms with Crippen molar-refractivity contribution in [2.75, 3.05) is 14.1 Å². The second-order valence-electron chi connectivity index (χ2n) is 4.58. The van der Waals surface area contributed by atoms with Gasteiger partial charge in [-0.05, 0) is 23.4 Å². The van der Waals surface area contributed by atoms with E-state index in [1.54, 1.807) is 25.2 Å². The fourth-order valence-electron chi connectivity index (χ4n) is 1.78. The van der Waals surface area contributed by atoms with Crippen LogP contribution in [0.3, 0.4) is 0 Å². The van der Waals surface area contributed by atoms with Gasteiger partial charge in [-0.2, -0.15) is 0 Å². The van der Waals surface area contributed by atoms with Crippen molar-refractivity contribution in [2.24, 2.45) is 7.05 Å². The Kier molecular flexibility index (Phi) is 4.73. The van der Waals surface area contributed by atoms with E-state index in [-0.39, 0.29) is 10.5 Å². The number of imidazole rings is 1. The SMILES string of the molecule is CN(C)C(=O)SC(c1ccccc1Cl)c1nccn1C. The Bertz CT molecular complexity index is 612. The molecule has 1 unspecified atom stereocenters. The number of amides is 1. The molecule has 4 nitrogen and oxygen atoms in total. The average molecular weight is 310 g/mol. The van der Waals surface area contributed by atoms with Crippen LogP contribution < -0.4 is 0 Å². The maximum Gasteiger partial charge on any atom is 0.282 e.